The summed E-state index contributed by atoms with van der Waals surface area (Å²) in [6, 6.07) is 0. The summed E-state index contributed by atoms with van der Waals surface area (Å²) < 4.78 is 10.7. The minimum Gasteiger partial charge on any atom is -0.504 e. The van der Waals surface area contributed by atoms with Gasteiger partial charge in [-0.25, -0.2) is 0 Å². The molecule has 2 heterocycles. The number of ether oxygens (including phenoxy) is 2. The third-order valence-electron chi connectivity index (χ3n) is 3.25. The summed E-state index contributed by atoms with van der Waals surface area (Å²) in [5.41, 5.74) is 2.40. The van der Waals surface area contributed by atoms with E-state index in [1.54, 1.807) is 0 Å². The zero-order valence-electron chi connectivity index (χ0n) is 9.50. The Morgan fingerprint density at radius 3 is 2.88 bits per heavy atom. The Kier molecular flexibility index (Phi) is 2.14. The maximum Gasteiger partial charge on any atom is 0.224 e. The van der Waals surface area contributed by atoms with E-state index >= 15 is 0 Å². The Morgan fingerprint density at radius 2 is 2.12 bits per heavy atom. The van der Waals surface area contributed by atoms with E-state index in [9.17, 15) is 9.90 Å². The number of phenols is 1. The SMILES string of the molecule is COc1c(O)c2c(c3c1OCC3)NC(=O)CC2. The van der Waals surface area contributed by atoms with Crippen molar-refractivity contribution < 1.29 is 19.4 Å². The number of benzene rings is 1. The van der Waals surface area contributed by atoms with E-state index < -0.39 is 0 Å². The molecule has 2 N–H and O–H groups in total. The molecule has 1 amide bonds. The van der Waals surface area contributed by atoms with E-state index in [0.717, 1.165) is 17.5 Å². The average molecular weight is 235 g/mol. The molecule has 2 aliphatic rings. The summed E-state index contributed by atoms with van der Waals surface area (Å²) in [6.07, 6.45) is 1.66. The average Bonchev–Trinajstić information content (AvgIpc) is 2.78. The third-order valence-corrected chi connectivity index (χ3v) is 3.25. The van der Waals surface area contributed by atoms with Gasteiger partial charge in [-0.3, -0.25) is 4.79 Å². The van der Waals surface area contributed by atoms with Gasteiger partial charge in [-0.05, 0) is 6.42 Å². The maximum atomic E-state index is 11.4. The van der Waals surface area contributed by atoms with E-state index in [1.165, 1.54) is 7.11 Å². The molecule has 0 spiro atoms. The second-order valence-corrected chi connectivity index (χ2v) is 4.19. The fourth-order valence-corrected chi connectivity index (χ4v) is 2.47. The Bertz CT molecular complexity index is 506. The fourth-order valence-electron chi connectivity index (χ4n) is 2.47. The van der Waals surface area contributed by atoms with Gasteiger partial charge in [-0.2, -0.15) is 0 Å². The normalized spacial score (nSPS) is 16.9. The molecule has 0 bridgehead atoms. The molecule has 0 radical (unpaired) electrons. The molecular weight excluding hydrogens is 222 g/mol. The van der Waals surface area contributed by atoms with Crippen molar-refractivity contribution >= 4 is 11.6 Å². The zero-order chi connectivity index (χ0) is 12.0. The molecule has 5 heteroatoms. The highest BCUT2D eigenvalue weighted by molar-refractivity contribution is 5.97. The lowest BCUT2D eigenvalue weighted by molar-refractivity contribution is -0.116. The van der Waals surface area contributed by atoms with E-state index in [-0.39, 0.29) is 11.7 Å². The summed E-state index contributed by atoms with van der Waals surface area (Å²) in [4.78, 5) is 11.4. The molecule has 3 rings (SSSR count). The number of phenolic OH excluding ortho intramolecular Hbond substituents is 1. The lowest BCUT2D eigenvalue weighted by atomic mass is 9.96. The molecule has 1 aromatic rings. The summed E-state index contributed by atoms with van der Waals surface area (Å²) in [6.45, 7) is 0.553. The first kappa shape index (κ1) is 10.3. The number of rotatable bonds is 1. The van der Waals surface area contributed by atoms with Gasteiger partial charge < -0.3 is 19.9 Å². The lowest BCUT2D eigenvalue weighted by Gasteiger charge is -2.22. The van der Waals surface area contributed by atoms with Crippen LogP contribution in [-0.2, 0) is 17.6 Å². The van der Waals surface area contributed by atoms with Crippen molar-refractivity contribution in [3.8, 4) is 17.2 Å². The van der Waals surface area contributed by atoms with Crippen LogP contribution in [0.15, 0.2) is 0 Å². The van der Waals surface area contributed by atoms with Crippen LogP contribution in [0.1, 0.15) is 17.5 Å². The first-order valence-corrected chi connectivity index (χ1v) is 5.59. The summed E-state index contributed by atoms with van der Waals surface area (Å²) in [5, 5.41) is 12.9. The van der Waals surface area contributed by atoms with Gasteiger partial charge in [0.2, 0.25) is 11.7 Å². The molecule has 0 aromatic heterocycles. The fraction of sp³-hybridized carbons (Fsp3) is 0.417. The smallest absolute Gasteiger partial charge is 0.224 e. The van der Waals surface area contributed by atoms with Gasteiger partial charge >= 0.3 is 0 Å². The van der Waals surface area contributed by atoms with Crippen molar-refractivity contribution in [1.82, 2.24) is 0 Å². The van der Waals surface area contributed by atoms with E-state index in [4.69, 9.17) is 9.47 Å². The van der Waals surface area contributed by atoms with Crippen molar-refractivity contribution in [2.24, 2.45) is 0 Å². The molecule has 90 valence electrons. The molecule has 0 unspecified atom stereocenters. The van der Waals surface area contributed by atoms with Crippen LogP contribution in [0.5, 0.6) is 17.2 Å². The predicted molar refractivity (Wildman–Crippen MR) is 60.8 cm³/mol. The number of methoxy groups -OCH3 is 1. The van der Waals surface area contributed by atoms with Gasteiger partial charge in [-0.15, -0.1) is 0 Å². The van der Waals surface area contributed by atoms with Gasteiger partial charge in [0.05, 0.1) is 19.4 Å². The maximum absolute atomic E-state index is 11.4. The van der Waals surface area contributed by atoms with Crippen molar-refractivity contribution in [1.29, 1.82) is 0 Å². The van der Waals surface area contributed by atoms with Crippen molar-refractivity contribution in [2.75, 3.05) is 19.0 Å². The van der Waals surface area contributed by atoms with Crippen LogP contribution in [0.3, 0.4) is 0 Å². The van der Waals surface area contributed by atoms with Gasteiger partial charge in [0.25, 0.3) is 0 Å². The molecular formula is C12H13NO4. The highest BCUT2D eigenvalue weighted by Crippen LogP contribution is 2.50. The number of anilines is 1. The van der Waals surface area contributed by atoms with Gasteiger partial charge in [-0.1, -0.05) is 0 Å². The van der Waals surface area contributed by atoms with Crippen LogP contribution in [0.25, 0.3) is 0 Å². The summed E-state index contributed by atoms with van der Waals surface area (Å²) in [7, 11) is 1.50. The minimum atomic E-state index is -0.0174. The minimum absolute atomic E-state index is 0.0174. The standard InChI is InChI=1S/C12H13NO4/c1-16-12-10(15)6-2-3-8(14)13-9(6)7-4-5-17-11(7)12/h15H,2-5H2,1H3,(H,13,14). The van der Waals surface area contributed by atoms with Crippen molar-refractivity contribution in [3.63, 3.8) is 0 Å². The van der Waals surface area contributed by atoms with Crippen LogP contribution < -0.4 is 14.8 Å². The van der Waals surface area contributed by atoms with E-state index in [1.807, 2.05) is 0 Å². The topological polar surface area (TPSA) is 67.8 Å². The number of hydrogen-bond donors (Lipinski definition) is 2. The Hall–Kier alpha value is -1.91. The van der Waals surface area contributed by atoms with Crippen molar-refractivity contribution in [2.45, 2.75) is 19.3 Å². The van der Waals surface area contributed by atoms with E-state index in [0.29, 0.717) is 36.6 Å². The number of carbonyl (C=O) groups is 1. The highest BCUT2D eigenvalue weighted by Gasteiger charge is 2.31. The number of aromatic hydroxyl groups is 1. The number of amides is 1. The predicted octanol–water partition coefficient (Wildman–Crippen LogP) is 1.22. The molecule has 0 saturated carbocycles. The molecule has 0 atom stereocenters. The first-order valence-electron chi connectivity index (χ1n) is 5.59. The zero-order valence-corrected chi connectivity index (χ0v) is 9.50. The summed E-state index contributed by atoms with van der Waals surface area (Å²) in [5.74, 6) is 1.01. The quantitative estimate of drug-likeness (QED) is 0.768. The molecule has 0 fully saturated rings. The second kappa shape index (κ2) is 3.55. The van der Waals surface area contributed by atoms with Gasteiger partial charge in [0, 0.05) is 24.0 Å². The largest absolute Gasteiger partial charge is 0.504 e. The summed E-state index contributed by atoms with van der Waals surface area (Å²) >= 11 is 0. The van der Waals surface area contributed by atoms with Crippen LogP contribution in [0, 0.1) is 0 Å². The first-order chi connectivity index (χ1) is 8.22. The van der Waals surface area contributed by atoms with Crippen LogP contribution in [0.4, 0.5) is 5.69 Å². The number of nitrogens with one attached hydrogen (secondary N) is 1. The van der Waals surface area contributed by atoms with Crippen LogP contribution in [0.2, 0.25) is 0 Å². The number of hydrogen-bond acceptors (Lipinski definition) is 4. The molecule has 0 saturated heterocycles. The highest BCUT2D eigenvalue weighted by atomic mass is 16.5. The molecule has 0 aliphatic carbocycles. The Morgan fingerprint density at radius 1 is 1.29 bits per heavy atom. The Balaban J connectivity index is 2.26. The number of fused-ring (bicyclic) bond motifs is 3. The van der Waals surface area contributed by atoms with Gasteiger partial charge in [0.15, 0.2) is 11.5 Å². The monoisotopic (exact) mass is 235 g/mol. The molecule has 17 heavy (non-hydrogen) atoms. The molecule has 5 nitrogen and oxygen atoms in total. The van der Waals surface area contributed by atoms with Gasteiger partial charge in [0.1, 0.15) is 0 Å². The third kappa shape index (κ3) is 1.35. The van der Waals surface area contributed by atoms with Crippen LogP contribution in [-0.4, -0.2) is 24.7 Å². The number of carbonyl (C=O) groups excluding carboxylic acids is 1. The van der Waals surface area contributed by atoms with Crippen LogP contribution >= 0.6 is 0 Å². The Labute approximate surface area is 98.3 Å². The second-order valence-electron chi connectivity index (χ2n) is 4.19. The lowest BCUT2D eigenvalue weighted by Crippen LogP contribution is -2.20. The van der Waals surface area contributed by atoms with Crippen molar-refractivity contribution in [3.05, 3.63) is 11.1 Å². The molecule has 1 aromatic carbocycles. The molecule has 2 aliphatic heterocycles. The van der Waals surface area contributed by atoms with E-state index in [2.05, 4.69) is 5.32 Å².